The lowest BCUT2D eigenvalue weighted by molar-refractivity contribution is -0.126. The summed E-state index contributed by atoms with van der Waals surface area (Å²) in [6.07, 6.45) is 4.00. The second-order valence-corrected chi connectivity index (χ2v) is 8.20. The molecule has 1 heterocycles. The summed E-state index contributed by atoms with van der Waals surface area (Å²) < 4.78 is 5.95. The predicted molar refractivity (Wildman–Crippen MR) is 112 cm³/mol. The van der Waals surface area contributed by atoms with Crippen molar-refractivity contribution in [2.24, 2.45) is 11.8 Å². The Morgan fingerprint density at radius 2 is 1.72 bits per heavy atom. The van der Waals surface area contributed by atoms with Gasteiger partial charge in [0.05, 0.1) is 0 Å². The number of amides is 1. The van der Waals surface area contributed by atoms with Gasteiger partial charge in [0.1, 0.15) is 6.04 Å². The van der Waals surface area contributed by atoms with E-state index in [1.54, 1.807) is 12.1 Å². The zero-order valence-electron chi connectivity index (χ0n) is 16.3. The van der Waals surface area contributed by atoms with Crippen LogP contribution in [0, 0.1) is 11.8 Å². The van der Waals surface area contributed by atoms with Crippen LogP contribution < -0.4 is 5.32 Å². The van der Waals surface area contributed by atoms with Crippen molar-refractivity contribution in [3.05, 3.63) is 71.1 Å². The molecule has 1 atom stereocenters. The molecule has 0 spiro atoms. The van der Waals surface area contributed by atoms with Crippen molar-refractivity contribution in [2.45, 2.75) is 38.6 Å². The minimum atomic E-state index is -0.510. The van der Waals surface area contributed by atoms with Crippen molar-refractivity contribution in [3.63, 3.8) is 0 Å². The van der Waals surface area contributed by atoms with Crippen molar-refractivity contribution in [1.29, 1.82) is 0 Å². The number of rotatable bonds is 5. The van der Waals surface area contributed by atoms with Crippen LogP contribution in [0.1, 0.15) is 50.1 Å². The maximum atomic E-state index is 13.0. The van der Waals surface area contributed by atoms with Gasteiger partial charge in [-0.3, -0.25) is 4.79 Å². The van der Waals surface area contributed by atoms with E-state index < -0.39 is 6.04 Å². The standard InChI is InChI=1S/C23H24ClN3O2/c1-15-7-9-17(10-8-15)21(28)25-20(16-11-13-19(24)14-12-16)23-27-26-22(29-23)18-5-3-2-4-6-18/h2-6,11-15,17,20H,7-10H2,1H3,(H,25,28)/t15?,17?,20-/m1/s1. The topological polar surface area (TPSA) is 68.0 Å². The fraction of sp³-hybridized carbons (Fsp3) is 0.348. The molecule has 5 nitrogen and oxygen atoms in total. The van der Waals surface area contributed by atoms with E-state index in [1.807, 2.05) is 42.5 Å². The van der Waals surface area contributed by atoms with Crippen LogP contribution in [0.4, 0.5) is 0 Å². The summed E-state index contributed by atoms with van der Waals surface area (Å²) >= 11 is 6.05. The van der Waals surface area contributed by atoms with Gasteiger partial charge in [-0.2, -0.15) is 0 Å². The number of nitrogens with one attached hydrogen (secondary N) is 1. The molecule has 0 unspecified atom stereocenters. The van der Waals surface area contributed by atoms with Crippen molar-refractivity contribution < 1.29 is 9.21 Å². The van der Waals surface area contributed by atoms with Crippen molar-refractivity contribution in [1.82, 2.24) is 15.5 Å². The van der Waals surface area contributed by atoms with Crippen LogP contribution in [-0.4, -0.2) is 16.1 Å². The first-order valence-corrected chi connectivity index (χ1v) is 10.4. The molecule has 1 N–H and O–H groups in total. The number of hydrogen-bond acceptors (Lipinski definition) is 4. The van der Waals surface area contributed by atoms with E-state index >= 15 is 0 Å². The molecule has 1 aliphatic carbocycles. The lowest BCUT2D eigenvalue weighted by Gasteiger charge is -2.27. The highest BCUT2D eigenvalue weighted by Crippen LogP contribution is 2.31. The molecule has 0 saturated heterocycles. The summed E-state index contributed by atoms with van der Waals surface area (Å²) in [5.41, 5.74) is 1.70. The molecule has 0 aliphatic heterocycles. The Kier molecular flexibility index (Phi) is 5.95. The zero-order chi connectivity index (χ0) is 20.2. The monoisotopic (exact) mass is 409 g/mol. The first-order valence-electron chi connectivity index (χ1n) is 10.0. The lowest BCUT2D eigenvalue weighted by atomic mass is 9.82. The molecule has 1 saturated carbocycles. The van der Waals surface area contributed by atoms with Gasteiger partial charge in [-0.15, -0.1) is 10.2 Å². The molecule has 1 fully saturated rings. The fourth-order valence-corrected chi connectivity index (χ4v) is 3.90. The molecule has 0 radical (unpaired) electrons. The predicted octanol–water partition coefficient (Wildman–Crippen LogP) is 5.42. The Balaban J connectivity index is 1.60. The molecule has 3 aromatic rings. The number of carbonyl (C=O) groups is 1. The van der Waals surface area contributed by atoms with E-state index in [4.69, 9.17) is 16.0 Å². The summed E-state index contributed by atoms with van der Waals surface area (Å²) in [5.74, 6) is 1.55. The average molecular weight is 410 g/mol. The first kappa shape index (κ1) is 19.6. The molecule has 150 valence electrons. The third-order valence-electron chi connectivity index (χ3n) is 5.58. The van der Waals surface area contributed by atoms with Gasteiger partial charge in [0, 0.05) is 16.5 Å². The van der Waals surface area contributed by atoms with Crippen LogP contribution in [0.25, 0.3) is 11.5 Å². The maximum absolute atomic E-state index is 13.0. The first-order chi connectivity index (χ1) is 14.1. The summed E-state index contributed by atoms with van der Waals surface area (Å²) in [6.45, 7) is 2.24. The Morgan fingerprint density at radius 1 is 1.03 bits per heavy atom. The van der Waals surface area contributed by atoms with Crippen LogP contribution >= 0.6 is 11.6 Å². The largest absolute Gasteiger partial charge is 0.418 e. The summed E-state index contributed by atoms with van der Waals surface area (Å²) in [5, 5.41) is 12.2. The lowest BCUT2D eigenvalue weighted by Crippen LogP contribution is -2.36. The van der Waals surface area contributed by atoms with Gasteiger partial charge in [-0.1, -0.05) is 48.9 Å². The van der Waals surface area contributed by atoms with Crippen LogP contribution in [0.15, 0.2) is 59.0 Å². The Hall–Kier alpha value is -2.66. The van der Waals surface area contributed by atoms with Crippen molar-refractivity contribution in [2.75, 3.05) is 0 Å². The molecule has 1 amide bonds. The molecular formula is C23H24ClN3O2. The van der Waals surface area contributed by atoms with Gasteiger partial charge < -0.3 is 9.73 Å². The summed E-state index contributed by atoms with van der Waals surface area (Å²) in [4.78, 5) is 13.0. The normalized spacial score (nSPS) is 20.2. The van der Waals surface area contributed by atoms with Crippen LogP contribution in [0.2, 0.25) is 5.02 Å². The van der Waals surface area contributed by atoms with Gasteiger partial charge in [0.15, 0.2) is 0 Å². The van der Waals surface area contributed by atoms with Gasteiger partial charge >= 0.3 is 0 Å². The molecule has 2 aromatic carbocycles. The highest BCUT2D eigenvalue weighted by molar-refractivity contribution is 6.30. The molecule has 0 bridgehead atoms. The number of benzene rings is 2. The number of carbonyl (C=O) groups excluding carboxylic acids is 1. The summed E-state index contributed by atoms with van der Waals surface area (Å²) in [7, 11) is 0. The highest BCUT2D eigenvalue weighted by atomic mass is 35.5. The number of hydrogen-bond donors (Lipinski definition) is 1. The van der Waals surface area contributed by atoms with E-state index in [2.05, 4.69) is 22.4 Å². The zero-order valence-corrected chi connectivity index (χ0v) is 17.1. The van der Waals surface area contributed by atoms with E-state index in [1.165, 1.54) is 0 Å². The maximum Gasteiger partial charge on any atom is 0.247 e. The molecule has 4 rings (SSSR count). The second kappa shape index (κ2) is 8.78. The fourth-order valence-electron chi connectivity index (χ4n) is 3.77. The molecule has 1 aromatic heterocycles. The number of aromatic nitrogens is 2. The van der Waals surface area contributed by atoms with Crippen LogP contribution in [0.3, 0.4) is 0 Å². The van der Waals surface area contributed by atoms with E-state index in [9.17, 15) is 4.79 Å². The van der Waals surface area contributed by atoms with Gasteiger partial charge in [-0.05, 0) is 61.4 Å². The van der Waals surface area contributed by atoms with E-state index in [0.717, 1.165) is 36.8 Å². The highest BCUT2D eigenvalue weighted by Gasteiger charge is 2.29. The second-order valence-electron chi connectivity index (χ2n) is 7.76. The van der Waals surface area contributed by atoms with Crippen LogP contribution in [-0.2, 0) is 4.79 Å². The Bertz CT molecular complexity index is 948. The van der Waals surface area contributed by atoms with Crippen molar-refractivity contribution >= 4 is 17.5 Å². The van der Waals surface area contributed by atoms with Crippen molar-refractivity contribution in [3.8, 4) is 11.5 Å². The minimum Gasteiger partial charge on any atom is -0.418 e. The Morgan fingerprint density at radius 3 is 2.41 bits per heavy atom. The SMILES string of the molecule is CC1CCC(C(=O)N[C@H](c2ccc(Cl)cc2)c2nnc(-c3ccccc3)o2)CC1. The molecule has 1 aliphatic rings. The van der Waals surface area contributed by atoms with E-state index in [-0.39, 0.29) is 11.8 Å². The van der Waals surface area contributed by atoms with Crippen LogP contribution in [0.5, 0.6) is 0 Å². The smallest absolute Gasteiger partial charge is 0.247 e. The Labute approximate surface area is 175 Å². The average Bonchev–Trinajstić information content (AvgIpc) is 3.24. The summed E-state index contributed by atoms with van der Waals surface area (Å²) in [6, 6.07) is 16.4. The third-order valence-corrected chi connectivity index (χ3v) is 5.84. The number of halogens is 1. The van der Waals surface area contributed by atoms with Gasteiger partial charge in [-0.25, -0.2) is 0 Å². The minimum absolute atomic E-state index is 0.0255. The van der Waals surface area contributed by atoms with Gasteiger partial charge in [0.25, 0.3) is 0 Å². The molecular weight excluding hydrogens is 386 g/mol. The molecule has 6 heteroatoms. The quantitative estimate of drug-likeness (QED) is 0.610. The van der Waals surface area contributed by atoms with E-state index in [0.29, 0.717) is 22.7 Å². The number of nitrogens with zero attached hydrogens (tertiary/aromatic N) is 2. The third kappa shape index (κ3) is 4.67. The van der Waals surface area contributed by atoms with Gasteiger partial charge in [0.2, 0.25) is 17.7 Å². The molecule has 29 heavy (non-hydrogen) atoms.